The lowest BCUT2D eigenvalue weighted by Gasteiger charge is -2.36. The highest BCUT2D eigenvalue weighted by Crippen LogP contribution is 2.16. The van der Waals surface area contributed by atoms with E-state index < -0.39 is 0 Å². The summed E-state index contributed by atoms with van der Waals surface area (Å²) in [6, 6.07) is 10.6. The minimum absolute atomic E-state index is 0.205. The van der Waals surface area contributed by atoms with Crippen LogP contribution < -0.4 is 4.90 Å². The molecule has 0 aromatic heterocycles. The number of carbonyl (C=O) groups excluding carboxylic acids is 1. The first-order valence-electron chi connectivity index (χ1n) is 9.20. The number of amides is 1. The van der Waals surface area contributed by atoms with Crippen LogP contribution in [0.4, 0.5) is 5.69 Å². The minimum atomic E-state index is -0.325. The number of hydrogen-bond acceptors (Lipinski definition) is 4. The number of piperazine rings is 1. The van der Waals surface area contributed by atoms with Gasteiger partial charge in [0.1, 0.15) is 0 Å². The number of piperidine rings is 1. The SMILES string of the molecule is O=C(CCCN1CCN(c2ccccc2)CC1)N1CCC[C@@H](O)C1. The zero-order chi connectivity index (χ0) is 16.8. The molecular weight excluding hydrogens is 302 g/mol. The van der Waals surface area contributed by atoms with Crippen molar-refractivity contribution in [2.45, 2.75) is 31.8 Å². The first kappa shape index (κ1) is 17.2. The van der Waals surface area contributed by atoms with Gasteiger partial charge in [-0.1, -0.05) is 18.2 Å². The van der Waals surface area contributed by atoms with E-state index in [0.717, 1.165) is 58.5 Å². The number of carbonyl (C=O) groups is 1. The van der Waals surface area contributed by atoms with Crippen LogP contribution >= 0.6 is 0 Å². The molecule has 0 bridgehead atoms. The van der Waals surface area contributed by atoms with Gasteiger partial charge in [0.25, 0.3) is 0 Å². The molecule has 0 unspecified atom stereocenters. The summed E-state index contributed by atoms with van der Waals surface area (Å²) >= 11 is 0. The maximum atomic E-state index is 12.2. The Bertz CT molecular complexity index is 515. The topological polar surface area (TPSA) is 47.0 Å². The van der Waals surface area contributed by atoms with Crippen LogP contribution in [0.3, 0.4) is 0 Å². The fourth-order valence-corrected chi connectivity index (χ4v) is 3.66. The fraction of sp³-hybridized carbons (Fsp3) is 0.632. The number of para-hydroxylation sites is 1. The summed E-state index contributed by atoms with van der Waals surface area (Å²) < 4.78 is 0. The Kier molecular flexibility index (Phi) is 6.10. The van der Waals surface area contributed by atoms with E-state index in [1.165, 1.54) is 5.69 Å². The molecule has 132 valence electrons. The molecule has 1 atom stereocenters. The number of benzene rings is 1. The summed E-state index contributed by atoms with van der Waals surface area (Å²) in [7, 11) is 0. The molecule has 0 aliphatic carbocycles. The van der Waals surface area contributed by atoms with E-state index in [-0.39, 0.29) is 12.0 Å². The Balaban J connectivity index is 1.34. The number of aliphatic hydroxyl groups excluding tert-OH is 1. The van der Waals surface area contributed by atoms with Gasteiger partial charge in [-0.05, 0) is 37.9 Å². The Morgan fingerprint density at radius 1 is 1.08 bits per heavy atom. The van der Waals surface area contributed by atoms with Crippen molar-refractivity contribution in [2.75, 3.05) is 50.7 Å². The van der Waals surface area contributed by atoms with Crippen molar-refractivity contribution in [3.63, 3.8) is 0 Å². The molecule has 1 aromatic rings. The molecule has 5 nitrogen and oxygen atoms in total. The lowest BCUT2D eigenvalue weighted by molar-refractivity contribution is -0.134. The summed E-state index contributed by atoms with van der Waals surface area (Å²) in [4.78, 5) is 18.9. The molecule has 2 aliphatic rings. The van der Waals surface area contributed by atoms with Gasteiger partial charge in [-0.25, -0.2) is 0 Å². The first-order valence-corrected chi connectivity index (χ1v) is 9.20. The number of nitrogens with zero attached hydrogens (tertiary/aromatic N) is 3. The average molecular weight is 331 g/mol. The summed E-state index contributed by atoms with van der Waals surface area (Å²) in [6.07, 6.45) is 2.94. The number of hydrogen-bond donors (Lipinski definition) is 1. The van der Waals surface area contributed by atoms with Crippen LogP contribution in [0.25, 0.3) is 0 Å². The van der Waals surface area contributed by atoms with Crippen LogP contribution in [-0.2, 0) is 4.79 Å². The zero-order valence-electron chi connectivity index (χ0n) is 14.4. The highest BCUT2D eigenvalue weighted by molar-refractivity contribution is 5.76. The Hall–Kier alpha value is -1.59. The van der Waals surface area contributed by atoms with E-state index in [1.807, 2.05) is 4.90 Å². The Morgan fingerprint density at radius 2 is 1.83 bits per heavy atom. The minimum Gasteiger partial charge on any atom is -0.391 e. The fourth-order valence-electron chi connectivity index (χ4n) is 3.66. The zero-order valence-corrected chi connectivity index (χ0v) is 14.4. The van der Waals surface area contributed by atoms with Crippen molar-refractivity contribution in [1.29, 1.82) is 0 Å². The van der Waals surface area contributed by atoms with Crippen molar-refractivity contribution in [2.24, 2.45) is 0 Å². The highest BCUT2D eigenvalue weighted by atomic mass is 16.3. The summed E-state index contributed by atoms with van der Waals surface area (Å²) in [5.74, 6) is 0.205. The number of anilines is 1. The van der Waals surface area contributed by atoms with E-state index in [2.05, 4.69) is 40.1 Å². The number of likely N-dealkylation sites (tertiary alicyclic amines) is 1. The van der Waals surface area contributed by atoms with E-state index in [4.69, 9.17) is 0 Å². The first-order chi connectivity index (χ1) is 11.7. The number of β-amino-alcohol motifs (C(OH)–C–C–N with tert-alkyl or cyclic N) is 1. The molecule has 0 spiro atoms. The van der Waals surface area contributed by atoms with E-state index >= 15 is 0 Å². The van der Waals surface area contributed by atoms with Crippen LogP contribution in [0.15, 0.2) is 30.3 Å². The van der Waals surface area contributed by atoms with Gasteiger partial charge in [-0.3, -0.25) is 9.69 Å². The molecule has 1 N–H and O–H groups in total. The maximum Gasteiger partial charge on any atom is 0.222 e. The van der Waals surface area contributed by atoms with Crippen LogP contribution in [0.1, 0.15) is 25.7 Å². The van der Waals surface area contributed by atoms with Gasteiger partial charge in [-0.15, -0.1) is 0 Å². The monoisotopic (exact) mass is 331 g/mol. The van der Waals surface area contributed by atoms with Gasteiger partial charge in [0.15, 0.2) is 0 Å². The molecule has 1 aromatic carbocycles. The third-order valence-electron chi connectivity index (χ3n) is 5.11. The molecule has 0 radical (unpaired) electrons. The quantitative estimate of drug-likeness (QED) is 0.890. The second-order valence-electron chi connectivity index (χ2n) is 6.90. The number of rotatable bonds is 5. The normalized spacial score (nSPS) is 22.6. The molecule has 24 heavy (non-hydrogen) atoms. The van der Waals surface area contributed by atoms with Gasteiger partial charge in [0.2, 0.25) is 5.91 Å². The van der Waals surface area contributed by atoms with Crippen LogP contribution in [0.2, 0.25) is 0 Å². The third kappa shape index (κ3) is 4.71. The summed E-state index contributed by atoms with van der Waals surface area (Å²) in [6.45, 7) is 6.55. The second kappa shape index (κ2) is 8.49. The van der Waals surface area contributed by atoms with Gasteiger partial charge in [0.05, 0.1) is 6.10 Å². The molecule has 2 fully saturated rings. The summed E-state index contributed by atoms with van der Waals surface area (Å²) in [5, 5.41) is 9.67. The van der Waals surface area contributed by atoms with Crippen molar-refractivity contribution in [3.05, 3.63) is 30.3 Å². The van der Waals surface area contributed by atoms with E-state index in [1.54, 1.807) is 0 Å². The molecule has 2 heterocycles. The predicted octanol–water partition coefficient (Wildman–Crippen LogP) is 1.57. The number of aliphatic hydroxyl groups is 1. The predicted molar refractivity (Wildman–Crippen MR) is 96.1 cm³/mol. The Morgan fingerprint density at radius 3 is 2.54 bits per heavy atom. The van der Waals surface area contributed by atoms with Gasteiger partial charge in [-0.2, -0.15) is 0 Å². The molecule has 5 heteroatoms. The van der Waals surface area contributed by atoms with Gasteiger partial charge >= 0.3 is 0 Å². The molecule has 0 saturated carbocycles. The van der Waals surface area contributed by atoms with Gasteiger partial charge < -0.3 is 14.9 Å². The third-order valence-corrected chi connectivity index (χ3v) is 5.11. The lowest BCUT2D eigenvalue weighted by atomic mass is 10.1. The van der Waals surface area contributed by atoms with E-state index in [9.17, 15) is 9.90 Å². The van der Waals surface area contributed by atoms with Crippen molar-refractivity contribution in [3.8, 4) is 0 Å². The maximum absolute atomic E-state index is 12.2. The smallest absolute Gasteiger partial charge is 0.222 e. The largest absolute Gasteiger partial charge is 0.391 e. The second-order valence-corrected chi connectivity index (χ2v) is 6.90. The molecular formula is C19H29N3O2. The highest BCUT2D eigenvalue weighted by Gasteiger charge is 2.22. The van der Waals surface area contributed by atoms with Crippen molar-refractivity contribution >= 4 is 11.6 Å². The van der Waals surface area contributed by atoms with Crippen molar-refractivity contribution < 1.29 is 9.90 Å². The molecule has 3 rings (SSSR count). The van der Waals surface area contributed by atoms with Crippen molar-refractivity contribution in [1.82, 2.24) is 9.80 Å². The van der Waals surface area contributed by atoms with Crippen LogP contribution in [0.5, 0.6) is 0 Å². The Labute approximate surface area is 144 Å². The van der Waals surface area contributed by atoms with Crippen LogP contribution in [-0.4, -0.2) is 72.7 Å². The molecule has 1 amide bonds. The standard InChI is InChI=1S/C19H29N3O2/c23-18-8-4-11-22(16-18)19(24)9-5-10-20-12-14-21(15-13-20)17-6-2-1-3-7-17/h1-3,6-7,18,23H,4-5,8-16H2/t18-/m1/s1. The molecule has 2 aliphatic heterocycles. The summed E-state index contributed by atoms with van der Waals surface area (Å²) in [5.41, 5.74) is 1.30. The van der Waals surface area contributed by atoms with Gasteiger partial charge in [0, 0.05) is 51.4 Å². The average Bonchev–Trinajstić information content (AvgIpc) is 2.63. The van der Waals surface area contributed by atoms with Crippen LogP contribution in [0, 0.1) is 0 Å². The lowest BCUT2D eigenvalue weighted by Crippen LogP contribution is -2.47. The molecule has 2 saturated heterocycles. The van der Waals surface area contributed by atoms with E-state index in [0.29, 0.717) is 13.0 Å².